The van der Waals surface area contributed by atoms with Gasteiger partial charge in [-0.25, -0.2) is 0 Å². The molecule has 1 aromatic rings. The van der Waals surface area contributed by atoms with Gasteiger partial charge in [0.25, 0.3) is 0 Å². The van der Waals surface area contributed by atoms with Crippen molar-refractivity contribution < 1.29 is 9.47 Å². The monoisotopic (exact) mass is 224 g/mol. The van der Waals surface area contributed by atoms with Crippen molar-refractivity contribution in [3.63, 3.8) is 0 Å². The van der Waals surface area contributed by atoms with E-state index in [-0.39, 0.29) is 6.10 Å². The molecule has 4 heteroatoms. The molecule has 0 aliphatic carbocycles. The Morgan fingerprint density at radius 1 is 1.50 bits per heavy atom. The normalized spacial score (nSPS) is 12.5. The van der Waals surface area contributed by atoms with Crippen molar-refractivity contribution in [1.29, 1.82) is 0 Å². The maximum atomic E-state index is 5.77. The Kier molecular flexibility index (Phi) is 5.22. The molecule has 1 heterocycles. The van der Waals surface area contributed by atoms with E-state index in [0.717, 1.165) is 17.0 Å². The molecule has 4 nitrogen and oxygen atoms in total. The lowest BCUT2D eigenvalue weighted by Crippen LogP contribution is -2.20. The molecule has 0 radical (unpaired) electrons. The molecule has 0 aromatic carbocycles. The van der Waals surface area contributed by atoms with E-state index in [1.54, 1.807) is 6.20 Å². The maximum Gasteiger partial charge on any atom is 0.127 e. The Bertz CT molecular complexity index is 329. The van der Waals surface area contributed by atoms with Crippen LogP contribution in [0.1, 0.15) is 25.1 Å². The van der Waals surface area contributed by atoms with Crippen molar-refractivity contribution in [2.24, 2.45) is 5.73 Å². The average Bonchev–Trinajstić information content (AvgIpc) is 2.27. The number of pyridine rings is 1. The smallest absolute Gasteiger partial charge is 0.127 e. The standard InChI is InChI=1S/C12H20N2O2/c1-4-15-8-10(3)16-12-5-9(2)14-7-11(12)6-13/h5,7,10H,4,6,8,13H2,1-3H3. The molecular weight excluding hydrogens is 204 g/mol. The topological polar surface area (TPSA) is 57.4 Å². The maximum absolute atomic E-state index is 5.77. The molecule has 0 saturated carbocycles. The molecular formula is C12H20N2O2. The second kappa shape index (κ2) is 6.45. The van der Waals surface area contributed by atoms with E-state index in [4.69, 9.17) is 15.2 Å². The average molecular weight is 224 g/mol. The van der Waals surface area contributed by atoms with Gasteiger partial charge in [-0.05, 0) is 20.8 Å². The summed E-state index contributed by atoms with van der Waals surface area (Å²) in [5.74, 6) is 0.808. The lowest BCUT2D eigenvalue weighted by molar-refractivity contribution is 0.0651. The first-order valence-electron chi connectivity index (χ1n) is 5.57. The molecule has 90 valence electrons. The van der Waals surface area contributed by atoms with Gasteiger partial charge >= 0.3 is 0 Å². The van der Waals surface area contributed by atoms with Crippen LogP contribution in [0.4, 0.5) is 0 Å². The summed E-state index contributed by atoms with van der Waals surface area (Å²) in [5, 5.41) is 0. The number of hydrogen-bond donors (Lipinski definition) is 1. The minimum Gasteiger partial charge on any atom is -0.488 e. The predicted octanol–water partition coefficient (Wildman–Crippen LogP) is 1.65. The Labute approximate surface area is 96.8 Å². The van der Waals surface area contributed by atoms with Gasteiger partial charge in [-0.3, -0.25) is 4.98 Å². The highest BCUT2D eigenvalue weighted by molar-refractivity contribution is 5.32. The molecule has 1 rings (SSSR count). The largest absolute Gasteiger partial charge is 0.488 e. The zero-order valence-corrected chi connectivity index (χ0v) is 10.2. The highest BCUT2D eigenvalue weighted by Gasteiger charge is 2.08. The predicted molar refractivity (Wildman–Crippen MR) is 63.4 cm³/mol. The van der Waals surface area contributed by atoms with Gasteiger partial charge in [0.05, 0.1) is 6.61 Å². The number of nitrogens with zero attached hydrogens (tertiary/aromatic N) is 1. The third-order valence-electron chi connectivity index (χ3n) is 2.19. The summed E-state index contributed by atoms with van der Waals surface area (Å²) in [4.78, 5) is 4.19. The lowest BCUT2D eigenvalue weighted by Gasteiger charge is -2.17. The van der Waals surface area contributed by atoms with Crippen LogP contribution in [0.15, 0.2) is 12.3 Å². The van der Waals surface area contributed by atoms with Gasteiger partial charge in [0, 0.05) is 36.7 Å². The van der Waals surface area contributed by atoms with Crippen molar-refractivity contribution in [2.45, 2.75) is 33.4 Å². The quantitative estimate of drug-likeness (QED) is 0.798. The van der Waals surface area contributed by atoms with Crippen molar-refractivity contribution in [2.75, 3.05) is 13.2 Å². The highest BCUT2D eigenvalue weighted by atomic mass is 16.5. The number of aryl methyl sites for hydroxylation is 1. The van der Waals surface area contributed by atoms with E-state index in [1.165, 1.54) is 0 Å². The molecule has 1 aromatic heterocycles. The van der Waals surface area contributed by atoms with Crippen LogP contribution in [-0.4, -0.2) is 24.3 Å². The number of hydrogen-bond acceptors (Lipinski definition) is 4. The Morgan fingerprint density at radius 2 is 2.25 bits per heavy atom. The molecule has 0 amide bonds. The fourth-order valence-electron chi connectivity index (χ4n) is 1.36. The summed E-state index contributed by atoms with van der Waals surface area (Å²) < 4.78 is 11.1. The Hall–Kier alpha value is -1.13. The van der Waals surface area contributed by atoms with Crippen molar-refractivity contribution in [3.05, 3.63) is 23.5 Å². The van der Waals surface area contributed by atoms with Crippen molar-refractivity contribution in [1.82, 2.24) is 4.98 Å². The van der Waals surface area contributed by atoms with Crippen LogP contribution >= 0.6 is 0 Å². The zero-order chi connectivity index (χ0) is 12.0. The van der Waals surface area contributed by atoms with E-state index < -0.39 is 0 Å². The second-order valence-corrected chi connectivity index (χ2v) is 3.73. The van der Waals surface area contributed by atoms with Crippen molar-refractivity contribution in [3.8, 4) is 5.75 Å². The number of ether oxygens (including phenoxy) is 2. The third kappa shape index (κ3) is 3.79. The van der Waals surface area contributed by atoms with Gasteiger partial charge in [-0.15, -0.1) is 0 Å². The van der Waals surface area contributed by atoms with Crippen LogP contribution in [0, 0.1) is 6.92 Å². The van der Waals surface area contributed by atoms with Gasteiger partial charge < -0.3 is 15.2 Å². The van der Waals surface area contributed by atoms with E-state index in [2.05, 4.69) is 4.98 Å². The molecule has 1 unspecified atom stereocenters. The number of nitrogens with two attached hydrogens (primary N) is 1. The summed E-state index contributed by atoms with van der Waals surface area (Å²) in [6, 6.07) is 1.91. The van der Waals surface area contributed by atoms with Gasteiger partial charge in [0.15, 0.2) is 0 Å². The zero-order valence-electron chi connectivity index (χ0n) is 10.2. The molecule has 0 fully saturated rings. The summed E-state index contributed by atoms with van der Waals surface area (Å²) in [6.07, 6.45) is 1.78. The highest BCUT2D eigenvalue weighted by Crippen LogP contribution is 2.19. The van der Waals surface area contributed by atoms with Crippen LogP contribution in [0.5, 0.6) is 5.75 Å². The summed E-state index contributed by atoms with van der Waals surface area (Å²) in [5.41, 5.74) is 7.48. The summed E-state index contributed by atoms with van der Waals surface area (Å²) in [6.45, 7) is 7.60. The molecule has 1 atom stereocenters. The molecule has 0 bridgehead atoms. The first-order chi connectivity index (χ1) is 7.67. The van der Waals surface area contributed by atoms with Crippen LogP contribution in [0.2, 0.25) is 0 Å². The third-order valence-corrected chi connectivity index (χ3v) is 2.19. The lowest BCUT2D eigenvalue weighted by atomic mass is 10.2. The minimum atomic E-state index is 0.0204. The summed E-state index contributed by atoms with van der Waals surface area (Å²) >= 11 is 0. The molecule has 0 spiro atoms. The van der Waals surface area contributed by atoms with Gasteiger partial charge in [0.1, 0.15) is 11.9 Å². The Balaban J connectivity index is 2.67. The molecule has 2 N–H and O–H groups in total. The molecule has 0 aliphatic rings. The van der Waals surface area contributed by atoms with E-state index in [9.17, 15) is 0 Å². The minimum absolute atomic E-state index is 0.0204. The number of rotatable bonds is 6. The van der Waals surface area contributed by atoms with Gasteiger partial charge in [-0.2, -0.15) is 0 Å². The van der Waals surface area contributed by atoms with Crippen LogP contribution in [0.3, 0.4) is 0 Å². The van der Waals surface area contributed by atoms with Crippen LogP contribution < -0.4 is 10.5 Å². The SMILES string of the molecule is CCOCC(C)Oc1cc(C)ncc1CN. The van der Waals surface area contributed by atoms with E-state index >= 15 is 0 Å². The molecule has 0 saturated heterocycles. The molecule has 0 aliphatic heterocycles. The van der Waals surface area contributed by atoms with Crippen LogP contribution in [0.25, 0.3) is 0 Å². The second-order valence-electron chi connectivity index (χ2n) is 3.73. The first kappa shape index (κ1) is 12.9. The fourth-order valence-corrected chi connectivity index (χ4v) is 1.36. The Morgan fingerprint density at radius 3 is 2.88 bits per heavy atom. The number of aromatic nitrogens is 1. The first-order valence-corrected chi connectivity index (χ1v) is 5.57. The van der Waals surface area contributed by atoms with Gasteiger partial charge in [0.2, 0.25) is 0 Å². The van der Waals surface area contributed by atoms with Crippen molar-refractivity contribution >= 4 is 0 Å². The van der Waals surface area contributed by atoms with E-state index in [0.29, 0.717) is 19.8 Å². The van der Waals surface area contributed by atoms with Crippen LogP contribution in [-0.2, 0) is 11.3 Å². The van der Waals surface area contributed by atoms with Gasteiger partial charge in [-0.1, -0.05) is 0 Å². The molecule has 16 heavy (non-hydrogen) atoms. The van der Waals surface area contributed by atoms with E-state index in [1.807, 2.05) is 26.8 Å². The fraction of sp³-hybridized carbons (Fsp3) is 0.583. The summed E-state index contributed by atoms with van der Waals surface area (Å²) in [7, 11) is 0.